The van der Waals surface area contributed by atoms with E-state index in [0.29, 0.717) is 6.42 Å². The molecule has 2 amide bonds. The number of carbonyl (C=O) groups is 3. The van der Waals surface area contributed by atoms with Gasteiger partial charge in [-0.3, -0.25) is 4.79 Å². The molecular weight excluding hydrogens is 238 g/mol. The highest BCUT2D eigenvalue weighted by Crippen LogP contribution is 2.21. The van der Waals surface area contributed by atoms with Gasteiger partial charge < -0.3 is 9.47 Å². The highest BCUT2D eigenvalue weighted by molar-refractivity contribution is 5.99. The molecule has 1 heterocycles. The van der Waals surface area contributed by atoms with Crippen LogP contribution >= 0.6 is 0 Å². The molecule has 1 rings (SSSR count). The molecule has 1 fully saturated rings. The smallest absolute Gasteiger partial charge is 0.417 e. The third-order valence-electron chi connectivity index (χ3n) is 2.69. The molecule has 0 aromatic heterocycles. The minimum absolute atomic E-state index is 0.173. The fourth-order valence-electron chi connectivity index (χ4n) is 1.75. The van der Waals surface area contributed by atoms with E-state index < -0.39 is 18.1 Å². The van der Waals surface area contributed by atoms with E-state index in [0.717, 1.165) is 17.7 Å². The van der Waals surface area contributed by atoms with Crippen LogP contribution in [0.3, 0.4) is 0 Å². The predicted octanol–water partition coefficient (Wildman–Crippen LogP) is 1.48. The lowest BCUT2D eigenvalue weighted by molar-refractivity contribution is -0.150. The summed E-state index contributed by atoms with van der Waals surface area (Å²) in [5.74, 6) is -0.926. The van der Waals surface area contributed by atoms with E-state index in [1.54, 1.807) is 6.92 Å². The fraction of sp³-hybridized carbons (Fsp3) is 0.750. The number of nitrogens with zero attached hydrogens (tertiary/aromatic N) is 1. The van der Waals surface area contributed by atoms with Crippen molar-refractivity contribution in [3.63, 3.8) is 0 Å². The van der Waals surface area contributed by atoms with Gasteiger partial charge in [-0.1, -0.05) is 13.3 Å². The van der Waals surface area contributed by atoms with E-state index in [-0.39, 0.29) is 25.5 Å². The maximum absolute atomic E-state index is 11.7. The van der Waals surface area contributed by atoms with Gasteiger partial charge in [-0.05, 0) is 19.8 Å². The molecule has 0 bridgehead atoms. The second-order valence-corrected chi connectivity index (χ2v) is 4.04. The zero-order chi connectivity index (χ0) is 13.5. The standard InChI is InChI=1S/C12H19NO5/c1-3-5-8-18-12(16)13-9(6-7-10(13)14)11(15)17-4-2/h9H,3-8H2,1-2H3. The Morgan fingerprint density at radius 3 is 2.67 bits per heavy atom. The Morgan fingerprint density at radius 2 is 2.06 bits per heavy atom. The quantitative estimate of drug-likeness (QED) is 0.551. The lowest BCUT2D eigenvalue weighted by Crippen LogP contribution is -2.44. The van der Waals surface area contributed by atoms with Crippen LogP contribution in [0.1, 0.15) is 39.5 Å². The first kappa shape index (κ1) is 14.5. The maximum atomic E-state index is 11.7. The number of likely N-dealkylation sites (tertiary alicyclic amines) is 1. The minimum Gasteiger partial charge on any atom is -0.464 e. The summed E-state index contributed by atoms with van der Waals surface area (Å²) in [6.07, 6.45) is 1.36. The Hall–Kier alpha value is -1.59. The van der Waals surface area contributed by atoms with E-state index in [1.165, 1.54) is 0 Å². The van der Waals surface area contributed by atoms with Gasteiger partial charge in [-0.15, -0.1) is 0 Å². The summed E-state index contributed by atoms with van der Waals surface area (Å²) < 4.78 is 9.79. The average molecular weight is 257 g/mol. The number of esters is 1. The van der Waals surface area contributed by atoms with Crippen LogP contribution in [0.5, 0.6) is 0 Å². The normalized spacial score (nSPS) is 18.9. The second kappa shape index (κ2) is 6.98. The van der Waals surface area contributed by atoms with Crippen LogP contribution in [-0.2, 0) is 19.1 Å². The predicted molar refractivity (Wildman–Crippen MR) is 62.8 cm³/mol. The highest BCUT2D eigenvalue weighted by atomic mass is 16.6. The van der Waals surface area contributed by atoms with Crippen LogP contribution in [0.4, 0.5) is 4.79 Å². The molecule has 0 aromatic carbocycles. The van der Waals surface area contributed by atoms with Crippen molar-refractivity contribution >= 4 is 18.0 Å². The summed E-state index contributed by atoms with van der Waals surface area (Å²) in [4.78, 5) is 35.8. The van der Waals surface area contributed by atoms with Gasteiger partial charge in [0, 0.05) is 6.42 Å². The second-order valence-electron chi connectivity index (χ2n) is 4.04. The SMILES string of the molecule is CCCCOC(=O)N1C(=O)CCC1C(=O)OCC. The fourth-order valence-corrected chi connectivity index (χ4v) is 1.75. The molecule has 6 heteroatoms. The van der Waals surface area contributed by atoms with Crippen molar-refractivity contribution in [2.75, 3.05) is 13.2 Å². The highest BCUT2D eigenvalue weighted by Gasteiger charge is 2.42. The van der Waals surface area contributed by atoms with Gasteiger partial charge >= 0.3 is 12.1 Å². The van der Waals surface area contributed by atoms with E-state index in [2.05, 4.69) is 0 Å². The van der Waals surface area contributed by atoms with Crippen molar-refractivity contribution in [2.24, 2.45) is 0 Å². The molecule has 0 N–H and O–H groups in total. The number of ether oxygens (including phenoxy) is 2. The Labute approximate surface area is 106 Å². The van der Waals surface area contributed by atoms with Crippen LogP contribution in [0.2, 0.25) is 0 Å². The van der Waals surface area contributed by atoms with Crippen molar-refractivity contribution < 1.29 is 23.9 Å². The first-order chi connectivity index (χ1) is 8.61. The van der Waals surface area contributed by atoms with E-state index in [1.807, 2.05) is 6.92 Å². The van der Waals surface area contributed by atoms with Gasteiger partial charge in [0.25, 0.3) is 0 Å². The average Bonchev–Trinajstić information content (AvgIpc) is 2.72. The Bertz CT molecular complexity index is 328. The number of hydrogen-bond acceptors (Lipinski definition) is 5. The van der Waals surface area contributed by atoms with Crippen LogP contribution in [0.25, 0.3) is 0 Å². The lowest BCUT2D eigenvalue weighted by Gasteiger charge is -2.20. The molecule has 1 aliphatic rings. The summed E-state index contributed by atoms with van der Waals surface area (Å²) in [7, 11) is 0. The van der Waals surface area contributed by atoms with Gasteiger partial charge in [0.15, 0.2) is 0 Å². The third-order valence-corrected chi connectivity index (χ3v) is 2.69. The third kappa shape index (κ3) is 3.45. The molecule has 18 heavy (non-hydrogen) atoms. The zero-order valence-electron chi connectivity index (χ0n) is 10.8. The molecule has 102 valence electrons. The van der Waals surface area contributed by atoms with Gasteiger partial charge in [0.2, 0.25) is 5.91 Å². The summed E-state index contributed by atoms with van der Waals surface area (Å²) in [5.41, 5.74) is 0. The first-order valence-electron chi connectivity index (χ1n) is 6.27. The molecule has 0 saturated carbocycles. The summed E-state index contributed by atoms with van der Waals surface area (Å²) in [5, 5.41) is 0. The van der Waals surface area contributed by atoms with E-state index in [4.69, 9.17) is 9.47 Å². The van der Waals surface area contributed by atoms with Crippen LogP contribution in [-0.4, -0.2) is 42.1 Å². The number of unbranched alkanes of at least 4 members (excludes halogenated alkanes) is 1. The zero-order valence-corrected chi connectivity index (χ0v) is 10.8. The van der Waals surface area contributed by atoms with Gasteiger partial charge in [0.1, 0.15) is 6.04 Å². The molecule has 1 atom stereocenters. The van der Waals surface area contributed by atoms with Crippen molar-refractivity contribution in [3.05, 3.63) is 0 Å². The number of hydrogen-bond donors (Lipinski definition) is 0. The number of carbonyl (C=O) groups excluding carboxylic acids is 3. The monoisotopic (exact) mass is 257 g/mol. The van der Waals surface area contributed by atoms with Crippen LogP contribution in [0, 0.1) is 0 Å². The molecule has 0 aromatic rings. The molecule has 0 aliphatic carbocycles. The molecule has 1 saturated heterocycles. The van der Waals surface area contributed by atoms with Crippen molar-refractivity contribution in [3.8, 4) is 0 Å². The topological polar surface area (TPSA) is 72.9 Å². The number of amides is 2. The number of rotatable bonds is 5. The first-order valence-corrected chi connectivity index (χ1v) is 6.27. The van der Waals surface area contributed by atoms with Gasteiger partial charge in [0.05, 0.1) is 13.2 Å². The van der Waals surface area contributed by atoms with Gasteiger partial charge in [-0.25, -0.2) is 14.5 Å². The van der Waals surface area contributed by atoms with E-state index in [9.17, 15) is 14.4 Å². The largest absolute Gasteiger partial charge is 0.464 e. The van der Waals surface area contributed by atoms with Crippen molar-refractivity contribution in [2.45, 2.75) is 45.6 Å². The molecule has 0 radical (unpaired) electrons. The summed E-state index contributed by atoms with van der Waals surface area (Å²) in [6, 6.07) is -0.827. The summed E-state index contributed by atoms with van der Waals surface area (Å²) >= 11 is 0. The molecule has 0 spiro atoms. The summed E-state index contributed by atoms with van der Waals surface area (Å²) in [6.45, 7) is 4.13. The van der Waals surface area contributed by atoms with Crippen LogP contribution < -0.4 is 0 Å². The Balaban J connectivity index is 2.61. The molecule has 6 nitrogen and oxygen atoms in total. The van der Waals surface area contributed by atoms with Gasteiger partial charge in [-0.2, -0.15) is 0 Å². The Morgan fingerprint density at radius 1 is 1.33 bits per heavy atom. The molecule has 1 unspecified atom stereocenters. The van der Waals surface area contributed by atoms with E-state index >= 15 is 0 Å². The Kier molecular flexibility index (Phi) is 5.61. The lowest BCUT2D eigenvalue weighted by atomic mass is 10.2. The minimum atomic E-state index is -0.827. The molecular formula is C12H19NO5. The molecule has 1 aliphatic heterocycles. The maximum Gasteiger partial charge on any atom is 0.417 e. The van der Waals surface area contributed by atoms with Crippen LogP contribution in [0.15, 0.2) is 0 Å². The van der Waals surface area contributed by atoms with Crippen molar-refractivity contribution in [1.82, 2.24) is 4.90 Å². The number of imide groups is 1. The van der Waals surface area contributed by atoms with Crippen molar-refractivity contribution in [1.29, 1.82) is 0 Å².